The lowest BCUT2D eigenvalue weighted by Crippen LogP contribution is -2.47. The van der Waals surface area contributed by atoms with Crippen LogP contribution in [0.5, 0.6) is 0 Å². The maximum Gasteiger partial charge on any atom is 0.293 e. The molecule has 4 bridgehead atoms. The van der Waals surface area contributed by atoms with Crippen LogP contribution >= 0.6 is 0 Å². The lowest BCUT2D eigenvalue weighted by Gasteiger charge is -2.43. The molecular formula is C24H37N3O2. The Labute approximate surface area is 175 Å². The molecule has 6 atom stereocenters. The van der Waals surface area contributed by atoms with Crippen LogP contribution in [-0.4, -0.2) is 36.3 Å². The summed E-state index contributed by atoms with van der Waals surface area (Å²) in [6.45, 7) is 16.0. The smallest absolute Gasteiger partial charge is 0.293 e. The zero-order valence-electron chi connectivity index (χ0n) is 19.0. The average molecular weight is 400 g/mol. The van der Waals surface area contributed by atoms with Gasteiger partial charge in [0.2, 0.25) is 0 Å². The van der Waals surface area contributed by atoms with Crippen molar-refractivity contribution in [3.8, 4) is 0 Å². The van der Waals surface area contributed by atoms with Crippen LogP contribution in [0.25, 0.3) is 0 Å². The van der Waals surface area contributed by atoms with Crippen LogP contribution < -0.4 is 5.32 Å². The fourth-order valence-corrected chi connectivity index (χ4v) is 8.73. The van der Waals surface area contributed by atoms with E-state index in [2.05, 4.69) is 46.9 Å². The van der Waals surface area contributed by atoms with Gasteiger partial charge in [-0.1, -0.05) is 41.5 Å². The van der Waals surface area contributed by atoms with Crippen molar-refractivity contribution in [3.63, 3.8) is 0 Å². The number of aliphatic imine (C=N–C) groups is 2. The first-order valence-electron chi connectivity index (χ1n) is 11.7. The highest BCUT2D eigenvalue weighted by Crippen LogP contribution is 2.72. The molecule has 0 aromatic rings. The first-order valence-corrected chi connectivity index (χ1v) is 11.7. The minimum Gasteiger partial charge on any atom is -0.462 e. The van der Waals surface area contributed by atoms with Crippen LogP contribution in [0.4, 0.5) is 0 Å². The molecule has 6 rings (SSSR count). The highest BCUT2D eigenvalue weighted by molar-refractivity contribution is 5.95. The van der Waals surface area contributed by atoms with E-state index in [0.29, 0.717) is 36.1 Å². The molecule has 5 nitrogen and oxygen atoms in total. The third-order valence-corrected chi connectivity index (χ3v) is 11.8. The summed E-state index contributed by atoms with van der Waals surface area (Å²) in [5.41, 5.74) is 0.886. The molecule has 4 saturated carbocycles. The van der Waals surface area contributed by atoms with Gasteiger partial charge in [0, 0.05) is 10.8 Å². The highest BCUT2D eigenvalue weighted by atomic mass is 16.5. The monoisotopic (exact) mass is 399 g/mol. The summed E-state index contributed by atoms with van der Waals surface area (Å²) >= 11 is 0. The minimum absolute atomic E-state index is 0.0843. The number of ether oxygens (including phenoxy) is 2. The van der Waals surface area contributed by atoms with Gasteiger partial charge in [-0.15, -0.1) is 0 Å². The van der Waals surface area contributed by atoms with E-state index in [0.717, 1.165) is 24.7 Å². The van der Waals surface area contributed by atoms with Gasteiger partial charge in [0.1, 0.15) is 24.3 Å². The maximum atomic E-state index is 6.12. The van der Waals surface area contributed by atoms with Gasteiger partial charge in [-0.25, -0.2) is 9.98 Å². The molecule has 160 valence electrons. The molecular weight excluding hydrogens is 362 g/mol. The number of nitrogens with one attached hydrogen (secondary N) is 1. The first-order chi connectivity index (χ1) is 13.5. The fraction of sp³-hybridized carbons (Fsp3) is 0.917. The number of nitrogens with zero attached hydrogens (tertiary/aromatic N) is 2. The Kier molecular flexibility index (Phi) is 3.17. The van der Waals surface area contributed by atoms with Crippen LogP contribution in [0.15, 0.2) is 9.98 Å². The van der Waals surface area contributed by atoms with Gasteiger partial charge in [-0.2, -0.15) is 0 Å². The first kappa shape index (κ1) is 18.5. The molecule has 1 N–H and O–H groups in total. The number of amidine groups is 2. The largest absolute Gasteiger partial charge is 0.462 e. The van der Waals surface area contributed by atoms with E-state index in [-0.39, 0.29) is 21.9 Å². The molecule has 2 aliphatic heterocycles. The summed E-state index contributed by atoms with van der Waals surface area (Å²) < 4.78 is 12.2. The second-order valence-electron chi connectivity index (χ2n) is 12.6. The van der Waals surface area contributed by atoms with Crippen molar-refractivity contribution in [1.29, 1.82) is 0 Å². The molecule has 0 amide bonds. The van der Waals surface area contributed by atoms with E-state index in [4.69, 9.17) is 19.5 Å². The summed E-state index contributed by atoms with van der Waals surface area (Å²) in [6, 6.07) is 1.25. The standard InChI is InChI=1S/C24H37N3O2/c1-19(2)15-7-9-21(19,5)23(11-15)13-28-17(26-23)25-18-27-24(14-29-18)12-16-8-10-22(24,6)20(16,3)4/h15-16H,7-14H2,1-6H3,(H,25,26,27)/t15-,16-,21-,22-,23+,24+/m1/s1. The predicted octanol–water partition coefficient (Wildman–Crippen LogP) is 4.52. The Hall–Kier alpha value is -1.26. The molecule has 0 radical (unpaired) electrons. The molecule has 6 aliphatic rings. The van der Waals surface area contributed by atoms with Gasteiger partial charge in [0.25, 0.3) is 12.0 Å². The summed E-state index contributed by atoms with van der Waals surface area (Å²) in [7, 11) is 0. The molecule has 2 heterocycles. The maximum absolute atomic E-state index is 6.12. The van der Waals surface area contributed by atoms with Crippen molar-refractivity contribution in [1.82, 2.24) is 5.32 Å². The lowest BCUT2D eigenvalue weighted by molar-refractivity contribution is 0.0600. The molecule has 29 heavy (non-hydrogen) atoms. The van der Waals surface area contributed by atoms with Crippen LogP contribution in [0.2, 0.25) is 0 Å². The quantitative estimate of drug-likeness (QED) is 0.652. The molecule has 5 heteroatoms. The minimum atomic E-state index is -0.0843. The number of hydrogen-bond acceptors (Lipinski definition) is 5. The number of hydrogen-bond donors (Lipinski definition) is 1. The Balaban J connectivity index is 1.26. The van der Waals surface area contributed by atoms with Gasteiger partial charge in [-0.05, 0) is 61.2 Å². The predicted molar refractivity (Wildman–Crippen MR) is 114 cm³/mol. The lowest BCUT2D eigenvalue weighted by atomic mass is 9.63. The van der Waals surface area contributed by atoms with Gasteiger partial charge in [0.05, 0.1) is 0 Å². The second-order valence-corrected chi connectivity index (χ2v) is 12.6. The topological polar surface area (TPSA) is 55.2 Å². The third-order valence-electron chi connectivity index (χ3n) is 11.8. The summed E-state index contributed by atoms with van der Waals surface area (Å²) in [5, 5.41) is 3.34. The van der Waals surface area contributed by atoms with Crippen LogP contribution in [-0.2, 0) is 9.47 Å². The normalized spacial score (nSPS) is 52.8. The van der Waals surface area contributed by atoms with Crippen LogP contribution in [0.3, 0.4) is 0 Å². The second kappa shape index (κ2) is 4.96. The summed E-state index contributed by atoms with van der Waals surface area (Å²) in [6.07, 6.45) is 7.45. The average Bonchev–Trinajstić information content (AvgIpc) is 3.40. The van der Waals surface area contributed by atoms with Crippen molar-refractivity contribution < 1.29 is 9.47 Å². The molecule has 2 spiro atoms. The Morgan fingerprint density at radius 3 is 1.45 bits per heavy atom. The Morgan fingerprint density at radius 2 is 1.14 bits per heavy atom. The summed E-state index contributed by atoms with van der Waals surface area (Å²) in [4.78, 5) is 10.3. The van der Waals surface area contributed by atoms with Crippen LogP contribution in [0, 0.1) is 33.5 Å². The molecule has 4 aliphatic carbocycles. The zero-order chi connectivity index (χ0) is 20.5. The summed E-state index contributed by atoms with van der Waals surface area (Å²) in [5.74, 6) is 1.50. The van der Waals surface area contributed by atoms with E-state index in [1.165, 1.54) is 25.7 Å². The van der Waals surface area contributed by atoms with Crippen molar-refractivity contribution in [2.45, 2.75) is 91.1 Å². The molecule has 4 fully saturated rings. The Morgan fingerprint density at radius 1 is 0.724 bits per heavy atom. The molecule has 0 aromatic heterocycles. The van der Waals surface area contributed by atoms with E-state index in [9.17, 15) is 0 Å². The Bertz CT molecular complexity index is 779. The van der Waals surface area contributed by atoms with E-state index >= 15 is 0 Å². The van der Waals surface area contributed by atoms with Gasteiger partial charge in [0.15, 0.2) is 0 Å². The third kappa shape index (κ3) is 1.82. The van der Waals surface area contributed by atoms with Crippen molar-refractivity contribution in [3.05, 3.63) is 0 Å². The van der Waals surface area contributed by atoms with Gasteiger partial charge >= 0.3 is 0 Å². The fourth-order valence-electron chi connectivity index (χ4n) is 8.73. The zero-order valence-corrected chi connectivity index (χ0v) is 19.0. The van der Waals surface area contributed by atoms with Gasteiger partial charge in [-0.3, -0.25) is 5.32 Å². The van der Waals surface area contributed by atoms with Crippen LogP contribution in [0.1, 0.15) is 80.1 Å². The van der Waals surface area contributed by atoms with Crippen molar-refractivity contribution in [2.75, 3.05) is 13.2 Å². The number of fused-ring (bicyclic) bond motifs is 6. The van der Waals surface area contributed by atoms with Crippen molar-refractivity contribution in [2.24, 2.45) is 43.5 Å². The van der Waals surface area contributed by atoms with E-state index in [1.54, 1.807) is 0 Å². The highest BCUT2D eigenvalue weighted by Gasteiger charge is 2.72. The molecule has 0 unspecified atom stereocenters. The number of rotatable bonds is 0. The SMILES string of the molecule is CC1(C)[C@@H]2CC[C@@]1(C)[C@@]1(COC(NC3=N[C@]4(CO3)C[C@H]3CC[C@]4(C)C3(C)C)=N1)C2. The van der Waals surface area contributed by atoms with Gasteiger partial charge < -0.3 is 9.47 Å². The molecule has 0 aromatic carbocycles. The van der Waals surface area contributed by atoms with Crippen molar-refractivity contribution >= 4 is 12.0 Å². The van der Waals surface area contributed by atoms with E-state index < -0.39 is 0 Å². The molecule has 0 saturated heterocycles. The van der Waals surface area contributed by atoms with E-state index in [1.807, 2.05) is 0 Å².